The standard InChI is InChI=1S/C17H19NO5/c19-16(20)11-15(18-12-14-7-4-9-22-14)17(21)23-10-8-13-5-2-1-3-6-13/h1-7,9,15,18H,8,10-12H2,(H,19,20)/t15-/m0/s1. The van der Waals surface area contributed by atoms with Crippen LogP contribution in [0.15, 0.2) is 53.1 Å². The van der Waals surface area contributed by atoms with Crippen LogP contribution in [0, 0.1) is 0 Å². The Kier molecular flexibility index (Phi) is 6.38. The molecule has 0 aliphatic rings. The third-order valence-corrected chi connectivity index (χ3v) is 3.35. The van der Waals surface area contributed by atoms with Gasteiger partial charge in [-0.3, -0.25) is 0 Å². The minimum atomic E-state index is -1.29. The lowest BCUT2D eigenvalue weighted by molar-refractivity contribution is -0.694. The molecule has 6 heteroatoms. The summed E-state index contributed by atoms with van der Waals surface area (Å²) < 4.78 is 10.3. The molecule has 1 atom stereocenters. The van der Waals surface area contributed by atoms with Crippen molar-refractivity contribution in [3.05, 3.63) is 60.1 Å². The molecule has 0 saturated carbocycles. The van der Waals surface area contributed by atoms with Crippen molar-refractivity contribution < 1.29 is 29.2 Å². The number of carbonyl (C=O) groups is 2. The Bertz CT molecular complexity index is 609. The number of carboxylic acid groups (broad SMARTS) is 1. The average molecular weight is 317 g/mol. The van der Waals surface area contributed by atoms with Gasteiger partial charge in [0.2, 0.25) is 0 Å². The normalized spacial score (nSPS) is 11.8. The first-order valence-electron chi connectivity index (χ1n) is 7.41. The van der Waals surface area contributed by atoms with Gasteiger partial charge in [-0.25, -0.2) is 4.79 Å². The number of furan rings is 1. The summed E-state index contributed by atoms with van der Waals surface area (Å²) in [5.41, 5.74) is 1.05. The quantitative estimate of drug-likeness (QED) is 0.637. The predicted molar refractivity (Wildman–Crippen MR) is 78.9 cm³/mol. The molecule has 1 aromatic heterocycles. The number of quaternary nitrogens is 1. The second-order valence-corrected chi connectivity index (χ2v) is 5.10. The van der Waals surface area contributed by atoms with Crippen LogP contribution in [0.25, 0.3) is 0 Å². The van der Waals surface area contributed by atoms with Crippen molar-refractivity contribution in [2.45, 2.75) is 25.4 Å². The summed E-state index contributed by atoms with van der Waals surface area (Å²) in [5, 5.41) is 12.4. The van der Waals surface area contributed by atoms with E-state index in [1.807, 2.05) is 30.3 Å². The lowest BCUT2D eigenvalue weighted by Crippen LogP contribution is -2.91. The zero-order valence-corrected chi connectivity index (χ0v) is 12.6. The van der Waals surface area contributed by atoms with Gasteiger partial charge < -0.3 is 24.4 Å². The van der Waals surface area contributed by atoms with Crippen molar-refractivity contribution >= 4 is 11.9 Å². The minimum absolute atomic E-state index is 0.209. The van der Waals surface area contributed by atoms with Gasteiger partial charge in [0.05, 0.1) is 19.3 Å². The van der Waals surface area contributed by atoms with Crippen molar-refractivity contribution in [3.8, 4) is 0 Å². The molecule has 0 fully saturated rings. The number of rotatable bonds is 9. The molecule has 1 aromatic carbocycles. The lowest BCUT2D eigenvalue weighted by atomic mass is 10.1. The van der Waals surface area contributed by atoms with Crippen LogP contribution in [0.4, 0.5) is 0 Å². The molecule has 0 bridgehead atoms. The van der Waals surface area contributed by atoms with Crippen LogP contribution in [0.2, 0.25) is 0 Å². The van der Waals surface area contributed by atoms with Crippen molar-refractivity contribution in [2.75, 3.05) is 6.61 Å². The maximum absolute atomic E-state index is 12.1. The molecular formula is C17H19NO5. The monoisotopic (exact) mass is 317 g/mol. The van der Waals surface area contributed by atoms with E-state index in [1.54, 1.807) is 17.4 Å². The Hall–Kier alpha value is -2.60. The molecular weight excluding hydrogens is 298 g/mol. The molecule has 1 heterocycles. The SMILES string of the molecule is O=C([O-])C[C@H]([NH2+]Cc1ccco1)C(=O)OCCc1ccccc1. The Morgan fingerprint density at radius 3 is 2.61 bits per heavy atom. The molecule has 2 N–H and O–H groups in total. The number of esters is 1. The van der Waals surface area contributed by atoms with Gasteiger partial charge in [-0.1, -0.05) is 30.3 Å². The van der Waals surface area contributed by atoms with Gasteiger partial charge in [-0.15, -0.1) is 0 Å². The van der Waals surface area contributed by atoms with Gasteiger partial charge in [0.15, 0.2) is 11.8 Å². The molecule has 6 nitrogen and oxygen atoms in total. The number of hydrogen-bond donors (Lipinski definition) is 1. The van der Waals surface area contributed by atoms with Crippen LogP contribution < -0.4 is 10.4 Å². The highest BCUT2D eigenvalue weighted by molar-refractivity contribution is 5.79. The number of carbonyl (C=O) groups excluding carboxylic acids is 2. The van der Waals surface area contributed by atoms with E-state index in [0.29, 0.717) is 18.7 Å². The lowest BCUT2D eigenvalue weighted by Gasteiger charge is -2.14. The minimum Gasteiger partial charge on any atom is -0.550 e. The van der Waals surface area contributed by atoms with Crippen LogP contribution in [-0.2, 0) is 27.3 Å². The summed E-state index contributed by atoms with van der Waals surface area (Å²) in [6.45, 7) is 0.569. The molecule has 2 aromatic rings. The Labute approximate surface area is 134 Å². The molecule has 0 saturated heterocycles. The van der Waals surface area contributed by atoms with Gasteiger partial charge in [-0.2, -0.15) is 0 Å². The zero-order valence-electron chi connectivity index (χ0n) is 12.6. The molecule has 0 aliphatic carbocycles. The van der Waals surface area contributed by atoms with Crippen LogP contribution >= 0.6 is 0 Å². The number of benzene rings is 1. The number of carboxylic acids is 1. The van der Waals surface area contributed by atoms with E-state index in [-0.39, 0.29) is 6.61 Å². The zero-order chi connectivity index (χ0) is 16.5. The molecule has 0 unspecified atom stereocenters. The maximum atomic E-state index is 12.1. The summed E-state index contributed by atoms with van der Waals surface area (Å²) >= 11 is 0. The Morgan fingerprint density at radius 1 is 1.17 bits per heavy atom. The summed E-state index contributed by atoms with van der Waals surface area (Å²) in [6.07, 6.45) is 1.71. The highest BCUT2D eigenvalue weighted by Crippen LogP contribution is 2.01. The van der Waals surface area contributed by atoms with Gasteiger partial charge in [0.1, 0.15) is 6.54 Å². The predicted octanol–water partition coefficient (Wildman–Crippen LogP) is -0.362. The van der Waals surface area contributed by atoms with Crippen LogP contribution in [0.1, 0.15) is 17.7 Å². The van der Waals surface area contributed by atoms with Gasteiger partial charge in [0, 0.05) is 12.4 Å². The van der Waals surface area contributed by atoms with E-state index in [9.17, 15) is 14.7 Å². The number of nitrogens with two attached hydrogens (primary N) is 1. The molecule has 0 aliphatic heterocycles. The van der Waals surface area contributed by atoms with Crippen molar-refractivity contribution in [2.24, 2.45) is 0 Å². The summed E-state index contributed by atoms with van der Waals surface area (Å²) in [6, 6.07) is 12.3. The molecule has 2 rings (SSSR count). The van der Waals surface area contributed by atoms with E-state index in [0.717, 1.165) is 5.56 Å². The second-order valence-electron chi connectivity index (χ2n) is 5.10. The third-order valence-electron chi connectivity index (χ3n) is 3.35. The molecule has 0 amide bonds. The van der Waals surface area contributed by atoms with Crippen LogP contribution in [0.5, 0.6) is 0 Å². The number of ether oxygens (including phenoxy) is 1. The van der Waals surface area contributed by atoms with Crippen LogP contribution in [0.3, 0.4) is 0 Å². The maximum Gasteiger partial charge on any atom is 0.365 e. The average Bonchev–Trinajstić information content (AvgIpc) is 3.05. The van der Waals surface area contributed by atoms with Crippen LogP contribution in [-0.4, -0.2) is 24.6 Å². The van der Waals surface area contributed by atoms with E-state index >= 15 is 0 Å². The van der Waals surface area contributed by atoms with Crippen molar-refractivity contribution in [1.29, 1.82) is 0 Å². The Balaban J connectivity index is 1.81. The topological polar surface area (TPSA) is 96.2 Å². The molecule has 0 radical (unpaired) electrons. The van der Waals surface area contributed by atoms with E-state index < -0.39 is 24.4 Å². The molecule has 23 heavy (non-hydrogen) atoms. The summed E-state index contributed by atoms with van der Waals surface area (Å²) in [4.78, 5) is 22.9. The molecule has 122 valence electrons. The fourth-order valence-corrected chi connectivity index (χ4v) is 2.15. The van der Waals surface area contributed by atoms with E-state index in [2.05, 4.69) is 0 Å². The Morgan fingerprint density at radius 2 is 1.96 bits per heavy atom. The fraction of sp³-hybridized carbons (Fsp3) is 0.294. The smallest absolute Gasteiger partial charge is 0.365 e. The highest BCUT2D eigenvalue weighted by Gasteiger charge is 2.24. The van der Waals surface area contributed by atoms with Crippen molar-refractivity contribution in [1.82, 2.24) is 0 Å². The number of hydrogen-bond acceptors (Lipinski definition) is 5. The van der Waals surface area contributed by atoms with E-state index in [4.69, 9.17) is 9.15 Å². The number of aliphatic carboxylic acids is 1. The van der Waals surface area contributed by atoms with Gasteiger partial charge >= 0.3 is 5.97 Å². The first-order chi connectivity index (χ1) is 11.1. The van der Waals surface area contributed by atoms with E-state index in [1.165, 1.54) is 6.26 Å². The summed E-state index contributed by atoms with van der Waals surface area (Å²) in [5.74, 6) is -1.19. The highest BCUT2D eigenvalue weighted by atomic mass is 16.5. The fourth-order valence-electron chi connectivity index (χ4n) is 2.15. The first kappa shape index (κ1) is 16.8. The second kappa shape index (κ2) is 8.75. The molecule has 0 spiro atoms. The van der Waals surface area contributed by atoms with Crippen molar-refractivity contribution in [3.63, 3.8) is 0 Å². The first-order valence-corrected chi connectivity index (χ1v) is 7.41. The van der Waals surface area contributed by atoms with Gasteiger partial charge in [0.25, 0.3) is 0 Å². The largest absolute Gasteiger partial charge is 0.550 e. The van der Waals surface area contributed by atoms with Gasteiger partial charge in [-0.05, 0) is 17.7 Å². The summed E-state index contributed by atoms with van der Waals surface area (Å²) in [7, 11) is 0. The third kappa shape index (κ3) is 5.96.